The molecule has 52 heavy (non-hydrogen) atoms. The van der Waals surface area contributed by atoms with Crippen LogP contribution in [0, 0.1) is 22.2 Å². The molecule has 3 amide bonds. The van der Waals surface area contributed by atoms with Crippen molar-refractivity contribution >= 4 is 17.7 Å². The molecule has 15 nitrogen and oxygen atoms in total. The van der Waals surface area contributed by atoms with Crippen molar-refractivity contribution in [2.45, 2.75) is 118 Å². The summed E-state index contributed by atoms with van der Waals surface area (Å²) < 4.78 is 18.7. The summed E-state index contributed by atoms with van der Waals surface area (Å²) in [5.74, 6) is -0.0934. The Balaban J connectivity index is 1.45. The number of allylic oxidation sites excluding steroid dienone is 2. The fraction of sp³-hybridized carbons (Fsp3) is 0.622. The number of carbonyl (C=O) groups is 3. The molecule has 5 unspecified atom stereocenters. The van der Waals surface area contributed by atoms with E-state index < -0.39 is 47.4 Å². The molecule has 3 rings (SSSR count). The van der Waals surface area contributed by atoms with Gasteiger partial charge in [-0.3, -0.25) is 14.4 Å². The Kier molecular flexibility index (Phi) is 15.3. The molecule has 1 aromatic carbocycles. The second kappa shape index (κ2) is 18.9. The van der Waals surface area contributed by atoms with Crippen LogP contribution < -0.4 is 16.0 Å². The van der Waals surface area contributed by atoms with Crippen molar-refractivity contribution in [1.29, 1.82) is 5.26 Å². The number of hydrogen-bond acceptors (Lipinski definition) is 11. The highest BCUT2D eigenvalue weighted by molar-refractivity contribution is 5.86. The molecular formula is C37H55N7O8. The van der Waals surface area contributed by atoms with Gasteiger partial charge >= 0.3 is 0 Å². The summed E-state index contributed by atoms with van der Waals surface area (Å²) in [6.45, 7) is 13.0. The molecule has 15 heteroatoms. The van der Waals surface area contributed by atoms with E-state index in [1.54, 1.807) is 51.4 Å². The van der Waals surface area contributed by atoms with E-state index in [4.69, 9.17) is 19.5 Å². The van der Waals surface area contributed by atoms with Crippen LogP contribution in [0.2, 0.25) is 0 Å². The number of aliphatic hydroxyl groups is 2. The van der Waals surface area contributed by atoms with Gasteiger partial charge in [-0.25, -0.2) is 4.68 Å². The maximum atomic E-state index is 13.0. The van der Waals surface area contributed by atoms with Crippen LogP contribution in [-0.2, 0) is 35.1 Å². The number of aliphatic hydroxyl groups excluding tert-OH is 2. The highest BCUT2D eigenvalue weighted by Crippen LogP contribution is 2.34. The number of nitrogens with zero attached hydrogens (tertiary/aromatic N) is 4. The molecule has 286 valence electrons. The monoisotopic (exact) mass is 725 g/mol. The number of hydrogen-bond donors (Lipinski definition) is 5. The van der Waals surface area contributed by atoms with E-state index in [0.29, 0.717) is 42.1 Å². The Morgan fingerprint density at radius 2 is 1.63 bits per heavy atom. The Hall–Kier alpha value is -4.36. The molecule has 5 N–H and O–H groups in total. The van der Waals surface area contributed by atoms with Gasteiger partial charge in [0.1, 0.15) is 35.8 Å². The quantitative estimate of drug-likeness (QED) is 0.111. The molecule has 1 aromatic heterocycles. The first-order valence-electron chi connectivity index (χ1n) is 17.6. The van der Waals surface area contributed by atoms with E-state index in [-0.39, 0.29) is 25.0 Å². The van der Waals surface area contributed by atoms with Crippen molar-refractivity contribution < 1.29 is 38.8 Å². The molecule has 5 atom stereocenters. The van der Waals surface area contributed by atoms with Gasteiger partial charge in [-0.2, -0.15) is 5.26 Å². The van der Waals surface area contributed by atoms with Gasteiger partial charge in [-0.15, -0.1) is 5.10 Å². The molecule has 1 aliphatic heterocycles. The number of ether oxygens (including phenoxy) is 3. The van der Waals surface area contributed by atoms with E-state index >= 15 is 0 Å². The predicted molar refractivity (Wildman–Crippen MR) is 192 cm³/mol. The second-order valence-electron chi connectivity index (χ2n) is 14.6. The molecule has 0 bridgehead atoms. The average molecular weight is 726 g/mol. The fourth-order valence-electron chi connectivity index (χ4n) is 6.10. The van der Waals surface area contributed by atoms with Crippen LogP contribution in [-0.4, -0.2) is 93.8 Å². The first-order valence-corrected chi connectivity index (χ1v) is 17.6. The lowest BCUT2D eigenvalue weighted by Gasteiger charge is -2.42. The van der Waals surface area contributed by atoms with E-state index in [9.17, 15) is 24.6 Å². The van der Waals surface area contributed by atoms with Crippen molar-refractivity contribution in [1.82, 2.24) is 30.9 Å². The van der Waals surface area contributed by atoms with Gasteiger partial charge in [0, 0.05) is 36.5 Å². The third-order valence-corrected chi connectivity index (χ3v) is 9.17. The van der Waals surface area contributed by atoms with Gasteiger partial charge in [0.25, 0.3) is 0 Å². The van der Waals surface area contributed by atoms with Crippen LogP contribution in [0.3, 0.4) is 0 Å². The molecule has 0 radical (unpaired) electrons. The van der Waals surface area contributed by atoms with Gasteiger partial charge in [-0.1, -0.05) is 57.9 Å². The maximum Gasteiger partial charge on any atom is 0.229 e. The normalized spacial score (nSPS) is 21.1. The lowest BCUT2D eigenvalue weighted by atomic mass is 9.74. The minimum absolute atomic E-state index is 0.0620. The van der Waals surface area contributed by atoms with Crippen molar-refractivity contribution in [3.8, 4) is 17.3 Å². The summed E-state index contributed by atoms with van der Waals surface area (Å²) in [4.78, 5) is 37.9. The van der Waals surface area contributed by atoms with Crippen LogP contribution >= 0.6 is 0 Å². The zero-order chi connectivity index (χ0) is 38.6. The number of carbonyl (C=O) groups excluding carboxylic acids is 3. The van der Waals surface area contributed by atoms with Crippen LogP contribution in [0.25, 0.3) is 11.3 Å². The lowest BCUT2D eigenvalue weighted by Crippen LogP contribution is -2.64. The summed E-state index contributed by atoms with van der Waals surface area (Å²) in [5.41, 5.74) is 0.910. The lowest BCUT2D eigenvalue weighted by molar-refractivity contribution is -0.267. The van der Waals surface area contributed by atoms with E-state index in [0.717, 1.165) is 24.8 Å². The largest absolute Gasteiger partial charge is 0.500 e. The third kappa shape index (κ3) is 11.8. The number of nitriles is 1. The van der Waals surface area contributed by atoms with E-state index in [1.165, 1.54) is 11.6 Å². The van der Waals surface area contributed by atoms with Crippen molar-refractivity contribution in [3.63, 3.8) is 0 Å². The number of rotatable bonds is 18. The first kappa shape index (κ1) is 42.1. The fourth-order valence-corrected chi connectivity index (χ4v) is 6.10. The number of amides is 3. The minimum Gasteiger partial charge on any atom is -0.500 e. The highest BCUT2D eigenvalue weighted by Gasteiger charge is 2.46. The molecule has 0 spiro atoms. The second-order valence-corrected chi connectivity index (χ2v) is 14.6. The number of aromatic nitrogens is 3. The predicted octanol–water partition coefficient (Wildman–Crippen LogP) is 2.92. The number of methoxy groups -OCH3 is 1. The molecular weight excluding hydrogens is 670 g/mol. The summed E-state index contributed by atoms with van der Waals surface area (Å²) in [5, 5.41) is 47.7. The van der Waals surface area contributed by atoms with Crippen molar-refractivity contribution in [3.05, 3.63) is 47.5 Å². The van der Waals surface area contributed by atoms with Crippen molar-refractivity contribution in [2.24, 2.45) is 10.8 Å². The highest BCUT2D eigenvalue weighted by atomic mass is 16.7. The summed E-state index contributed by atoms with van der Waals surface area (Å²) in [6, 6.07) is 7.97. The topological polar surface area (TPSA) is 210 Å². The van der Waals surface area contributed by atoms with Gasteiger partial charge in [0.15, 0.2) is 6.29 Å². The maximum absolute atomic E-state index is 13.0. The number of unbranched alkanes of at least 4 members (excludes halogenated alkanes) is 3. The van der Waals surface area contributed by atoms with Gasteiger partial charge in [0.2, 0.25) is 17.7 Å². The zero-order valence-electron chi connectivity index (χ0n) is 31.6. The zero-order valence-corrected chi connectivity index (χ0v) is 31.6. The van der Waals surface area contributed by atoms with Crippen LogP contribution in [0.5, 0.6) is 0 Å². The van der Waals surface area contributed by atoms with Crippen LogP contribution in [0.4, 0.5) is 0 Å². The Bertz CT molecular complexity index is 1580. The first-order chi connectivity index (χ1) is 24.5. The Morgan fingerprint density at radius 1 is 0.981 bits per heavy atom. The number of benzene rings is 1. The molecule has 2 heterocycles. The van der Waals surface area contributed by atoms with Gasteiger partial charge in [-0.05, 0) is 45.2 Å². The van der Waals surface area contributed by atoms with E-state index in [1.807, 2.05) is 27.7 Å². The average Bonchev–Trinajstić information content (AvgIpc) is 3.57. The number of nitrogens with one attached hydrogen (secondary N) is 3. The summed E-state index contributed by atoms with van der Waals surface area (Å²) >= 11 is 0. The van der Waals surface area contributed by atoms with E-state index in [2.05, 4.69) is 32.3 Å². The van der Waals surface area contributed by atoms with Crippen LogP contribution in [0.15, 0.2) is 41.9 Å². The Labute approximate surface area is 306 Å². The SMILES string of the molecule is COC(C)=C(C)NC(=O)C(C)(C)CC(C)(C)C(=O)NCCCCCCOC1OC(Cn2cc(-c3ccc(C#N)cc3)nn2)C(O)C(O)C1NC(C)=O. The third-order valence-electron chi connectivity index (χ3n) is 9.17. The molecule has 0 saturated carbocycles. The molecule has 1 saturated heterocycles. The summed E-state index contributed by atoms with van der Waals surface area (Å²) in [7, 11) is 1.54. The van der Waals surface area contributed by atoms with Crippen LogP contribution in [0.1, 0.15) is 86.1 Å². The minimum atomic E-state index is -1.36. The summed E-state index contributed by atoms with van der Waals surface area (Å²) in [6.07, 6.45) is 0.415. The smallest absolute Gasteiger partial charge is 0.229 e. The molecule has 0 aliphatic carbocycles. The molecule has 2 aromatic rings. The molecule has 1 aliphatic rings. The van der Waals surface area contributed by atoms with Gasteiger partial charge < -0.3 is 40.4 Å². The standard InChI is InChI=1S/C37H55N7O8/c1-23(24(2)50-8)40-35(49)37(6,7)22-36(4,5)34(48)39-17-11-9-10-12-18-51-33-30(41-25(3)45)32(47)31(46)29(52-33)21-44-20-28(42-43-44)27-15-13-26(19-38)14-16-27/h13-16,20,29-33,46-47H,9-12,17-18,21-22H2,1-8H3,(H,39,48)(H,40,49)(H,41,45). The van der Waals surface area contributed by atoms with Crippen molar-refractivity contribution in [2.75, 3.05) is 20.3 Å². The van der Waals surface area contributed by atoms with Gasteiger partial charge in [0.05, 0.1) is 37.2 Å². The Morgan fingerprint density at radius 3 is 2.27 bits per heavy atom. The molecule has 1 fully saturated rings.